The number of rotatable bonds is 4. The lowest BCUT2D eigenvalue weighted by Crippen LogP contribution is -2.26. The summed E-state index contributed by atoms with van der Waals surface area (Å²) in [4.78, 5) is 16.8. The molecule has 0 spiro atoms. The Labute approximate surface area is 125 Å². The first kappa shape index (κ1) is 13.9. The predicted molar refractivity (Wildman–Crippen MR) is 82.4 cm³/mol. The van der Waals surface area contributed by atoms with Crippen LogP contribution in [0.15, 0.2) is 30.5 Å². The van der Waals surface area contributed by atoms with Crippen molar-refractivity contribution in [2.24, 2.45) is 0 Å². The van der Waals surface area contributed by atoms with E-state index in [0.29, 0.717) is 6.54 Å². The SMILES string of the molecule is Cc1ccccc1C(=O)NCCc1cn2c(n1)CCCC2. The molecule has 4 heteroatoms. The summed E-state index contributed by atoms with van der Waals surface area (Å²) in [7, 11) is 0. The Morgan fingerprint density at radius 2 is 2.19 bits per heavy atom. The number of nitrogens with zero attached hydrogens (tertiary/aromatic N) is 2. The van der Waals surface area contributed by atoms with Crippen LogP contribution in [0.2, 0.25) is 0 Å². The van der Waals surface area contributed by atoms with Crippen molar-refractivity contribution in [1.82, 2.24) is 14.9 Å². The fraction of sp³-hybridized carbons (Fsp3) is 0.412. The van der Waals surface area contributed by atoms with Crippen LogP contribution in [0.25, 0.3) is 0 Å². The maximum absolute atomic E-state index is 12.1. The molecule has 0 bridgehead atoms. The van der Waals surface area contributed by atoms with Gasteiger partial charge in [-0.25, -0.2) is 4.98 Å². The number of carbonyl (C=O) groups excluding carboxylic acids is 1. The van der Waals surface area contributed by atoms with Crippen LogP contribution in [0.1, 0.15) is 40.3 Å². The number of hydrogen-bond donors (Lipinski definition) is 1. The number of fused-ring (bicyclic) bond motifs is 1. The Hall–Kier alpha value is -2.10. The molecular weight excluding hydrogens is 262 g/mol. The highest BCUT2D eigenvalue weighted by molar-refractivity contribution is 5.95. The number of aryl methyl sites for hydroxylation is 3. The maximum atomic E-state index is 12.1. The molecular formula is C17H21N3O. The van der Waals surface area contributed by atoms with Gasteiger partial charge in [-0.1, -0.05) is 18.2 Å². The molecule has 1 N–H and O–H groups in total. The molecule has 4 nitrogen and oxygen atoms in total. The zero-order chi connectivity index (χ0) is 14.7. The molecule has 0 saturated carbocycles. The molecule has 0 saturated heterocycles. The van der Waals surface area contributed by atoms with Gasteiger partial charge in [0.1, 0.15) is 5.82 Å². The molecule has 1 aromatic carbocycles. The summed E-state index contributed by atoms with van der Waals surface area (Å²) in [6.45, 7) is 3.67. The van der Waals surface area contributed by atoms with Crippen molar-refractivity contribution in [3.05, 3.63) is 53.1 Å². The molecule has 0 fully saturated rings. The average Bonchev–Trinajstić information content (AvgIpc) is 2.90. The van der Waals surface area contributed by atoms with E-state index < -0.39 is 0 Å². The van der Waals surface area contributed by atoms with Gasteiger partial charge in [0.05, 0.1) is 5.69 Å². The van der Waals surface area contributed by atoms with Gasteiger partial charge in [-0.3, -0.25) is 4.79 Å². The number of aromatic nitrogens is 2. The summed E-state index contributed by atoms with van der Waals surface area (Å²) in [5.74, 6) is 1.19. The molecule has 0 radical (unpaired) electrons. The number of imidazole rings is 1. The maximum Gasteiger partial charge on any atom is 0.251 e. The molecule has 3 rings (SSSR count). The summed E-state index contributed by atoms with van der Waals surface area (Å²) in [6, 6.07) is 7.66. The van der Waals surface area contributed by atoms with Crippen LogP contribution in [0, 0.1) is 6.92 Å². The van der Waals surface area contributed by atoms with E-state index in [1.807, 2.05) is 31.2 Å². The lowest BCUT2D eigenvalue weighted by molar-refractivity contribution is 0.0953. The zero-order valence-corrected chi connectivity index (χ0v) is 12.4. The fourth-order valence-electron chi connectivity index (χ4n) is 2.82. The number of carbonyl (C=O) groups is 1. The lowest BCUT2D eigenvalue weighted by atomic mass is 10.1. The minimum absolute atomic E-state index is 0.00271. The first-order valence-corrected chi connectivity index (χ1v) is 7.63. The monoisotopic (exact) mass is 283 g/mol. The smallest absolute Gasteiger partial charge is 0.251 e. The van der Waals surface area contributed by atoms with E-state index in [1.54, 1.807) is 0 Å². The van der Waals surface area contributed by atoms with E-state index in [2.05, 4.69) is 21.1 Å². The van der Waals surface area contributed by atoms with Crippen molar-refractivity contribution in [1.29, 1.82) is 0 Å². The molecule has 2 heterocycles. The minimum Gasteiger partial charge on any atom is -0.352 e. The first-order chi connectivity index (χ1) is 10.2. The molecule has 1 amide bonds. The fourth-order valence-corrected chi connectivity index (χ4v) is 2.82. The largest absolute Gasteiger partial charge is 0.352 e. The Morgan fingerprint density at radius 3 is 3.00 bits per heavy atom. The van der Waals surface area contributed by atoms with Crippen LogP contribution < -0.4 is 5.32 Å². The topological polar surface area (TPSA) is 46.9 Å². The van der Waals surface area contributed by atoms with Gasteiger partial charge in [0.2, 0.25) is 0 Å². The quantitative estimate of drug-likeness (QED) is 0.937. The highest BCUT2D eigenvalue weighted by atomic mass is 16.1. The molecule has 0 atom stereocenters. The molecule has 1 aromatic heterocycles. The second-order valence-electron chi connectivity index (χ2n) is 5.62. The third-order valence-electron chi connectivity index (χ3n) is 4.01. The van der Waals surface area contributed by atoms with Gasteiger partial charge < -0.3 is 9.88 Å². The average molecular weight is 283 g/mol. The van der Waals surface area contributed by atoms with Gasteiger partial charge in [-0.15, -0.1) is 0 Å². The second-order valence-corrected chi connectivity index (χ2v) is 5.62. The highest BCUT2D eigenvalue weighted by Crippen LogP contribution is 2.14. The van der Waals surface area contributed by atoms with Crippen LogP contribution in [0.3, 0.4) is 0 Å². The third kappa shape index (κ3) is 3.15. The van der Waals surface area contributed by atoms with E-state index in [9.17, 15) is 4.79 Å². The second kappa shape index (κ2) is 6.12. The van der Waals surface area contributed by atoms with E-state index in [4.69, 9.17) is 0 Å². The van der Waals surface area contributed by atoms with Gasteiger partial charge in [-0.05, 0) is 31.4 Å². The molecule has 1 aliphatic heterocycles. The van der Waals surface area contributed by atoms with E-state index in [0.717, 1.165) is 36.2 Å². The molecule has 110 valence electrons. The van der Waals surface area contributed by atoms with E-state index in [1.165, 1.54) is 18.7 Å². The molecule has 0 aliphatic carbocycles. The zero-order valence-electron chi connectivity index (χ0n) is 12.4. The van der Waals surface area contributed by atoms with Gasteiger partial charge in [0, 0.05) is 37.7 Å². The number of nitrogens with one attached hydrogen (secondary N) is 1. The normalized spacial score (nSPS) is 13.8. The van der Waals surface area contributed by atoms with E-state index >= 15 is 0 Å². The van der Waals surface area contributed by atoms with E-state index in [-0.39, 0.29) is 5.91 Å². The summed E-state index contributed by atoms with van der Waals surface area (Å²) >= 11 is 0. The molecule has 0 unspecified atom stereocenters. The Kier molecular flexibility index (Phi) is 4.04. The van der Waals surface area contributed by atoms with Crippen LogP contribution in [0.4, 0.5) is 0 Å². The van der Waals surface area contributed by atoms with Crippen molar-refractivity contribution in [3.63, 3.8) is 0 Å². The molecule has 21 heavy (non-hydrogen) atoms. The lowest BCUT2D eigenvalue weighted by Gasteiger charge is -2.11. The highest BCUT2D eigenvalue weighted by Gasteiger charge is 2.12. The van der Waals surface area contributed by atoms with Crippen molar-refractivity contribution in [2.45, 2.75) is 39.2 Å². The number of amides is 1. The Morgan fingerprint density at radius 1 is 1.33 bits per heavy atom. The summed E-state index contributed by atoms with van der Waals surface area (Å²) in [5.41, 5.74) is 2.84. The standard InChI is InChI=1S/C17H21N3O/c1-13-6-2-3-7-15(13)17(21)18-10-9-14-12-20-11-5-4-8-16(20)19-14/h2-3,6-7,12H,4-5,8-11H2,1H3,(H,18,21). The van der Waals surface area contributed by atoms with Crippen molar-refractivity contribution in [3.8, 4) is 0 Å². The minimum atomic E-state index is -0.00271. The van der Waals surface area contributed by atoms with Gasteiger partial charge in [0.15, 0.2) is 0 Å². The Bertz CT molecular complexity index is 622. The van der Waals surface area contributed by atoms with Crippen molar-refractivity contribution >= 4 is 5.91 Å². The summed E-state index contributed by atoms with van der Waals surface area (Å²) < 4.78 is 2.25. The predicted octanol–water partition coefficient (Wildman–Crippen LogP) is 2.50. The summed E-state index contributed by atoms with van der Waals surface area (Å²) in [6.07, 6.45) is 6.48. The molecule has 2 aromatic rings. The van der Waals surface area contributed by atoms with Crippen molar-refractivity contribution in [2.75, 3.05) is 6.54 Å². The van der Waals surface area contributed by atoms with Crippen LogP contribution in [0.5, 0.6) is 0 Å². The number of benzene rings is 1. The summed E-state index contributed by atoms with van der Waals surface area (Å²) in [5, 5.41) is 2.98. The van der Waals surface area contributed by atoms with Crippen molar-refractivity contribution < 1.29 is 4.79 Å². The third-order valence-corrected chi connectivity index (χ3v) is 4.01. The van der Waals surface area contributed by atoms with Gasteiger partial charge in [0.25, 0.3) is 5.91 Å². The van der Waals surface area contributed by atoms with Gasteiger partial charge >= 0.3 is 0 Å². The van der Waals surface area contributed by atoms with Crippen LogP contribution >= 0.6 is 0 Å². The van der Waals surface area contributed by atoms with Crippen LogP contribution in [-0.4, -0.2) is 22.0 Å². The van der Waals surface area contributed by atoms with Crippen LogP contribution in [-0.2, 0) is 19.4 Å². The first-order valence-electron chi connectivity index (χ1n) is 7.63. The molecule has 1 aliphatic rings. The van der Waals surface area contributed by atoms with Gasteiger partial charge in [-0.2, -0.15) is 0 Å². The number of hydrogen-bond acceptors (Lipinski definition) is 2. The Balaban J connectivity index is 1.55.